The lowest BCUT2D eigenvalue weighted by atomic mass is 9.77. The number of pyridine rings is 1. The van der Waals surface area contributed by atoms with Crippen molar-refractivity contribution in [1.82, 2.24) is 10.3 Å². The third-order valence-corrected chi connectivity index (χ3v) is 7.57. The summed E-state index contributed by atoms with van der Waals surface area (Å²) in [5, 5.41) is 3.43. The van der Waals surface area contributed by atoms with Crippen molar-refractivity contribution in [3.63, 3.8) is 0 Å². The first-order valence-electron chi connectivity index (χ1n) is 9.91. The number of nitrogens with one attached hydrogen (secondary N) is 1. The minimum absolute atomic E-state index is 0.175. The van der Waals surface area contributed by atoms with Gasteiger partial charge in [-0.2, -0.15) is 0 Å². The molecule has 2 aromatic rings. The van der Waals surface area contributed by atoms with Crippen LogP contribution in [0.15, 0.2) is 53.7 Å². The second kappa shape index (κ2) is 8.13. The van der Waals surface area contributed by atoms with E-state index in [1.165, 1.54) is 0 Å². The first-order valence-corrected chi connectivity index (χ1v) is 10.7. The Kier molecular flexibility index (Phi) is 5.60. The van der Waals surface area contributed by atoms with Crippen LogP contribution in [0.3, 0.4) is 0 Å². The first kappa shape index (κ1) is 19.3. The summed E-state index contributed by atoms with van der Waals surface area (Å²) in [5.41, 5.74) is 7.27. The normalized spacial score (nSPS) is 23.6. The Hall–Kier alpha value is -2.05. The molecule has 1 amide bonds. The highest BCUT2D eigenvalue weighted by atomic mass is 32.2. The number of nitrogens with two attached hydrogens (primary N) is 1. The SMILES string of the molecule is NC(=O)C1(Sc2ccc(OCc3ccncc3)cc2)CCC2(CCNCC2)C1. The number of rotatable bonds is 6. The van der Waals surface area contributed by atoms with Crippen molar-refractivity contribution < 1.29 is 9.53 Å². The van der Waals surface area contributed by atoms with Crippen molar-refractivity contribution in [2.75, 3.05) is 13.1 Å². The van der Waals surface area contributed by atoms with E-state index in [0.29, 0.717) is 6.61 Å². The van der Waals surface area contributed by atoms with Gasteiger partial charge in [-0.15, -0.1) is 11.8 Å². The summed E-state index contributed by atoms with van der Waals surface area (Å²) in [5.74, 6) is 0.640. The lowest BCUT2D eigenvalue weighted by Gasteiger charge is -2.35. The topological polar surface area (TPSA) is 77.2 Å². The molecule has 1 spiro atoms. The van der Waals surface area contributed by atoms with Crippen LogP contribution in [-0.2, 0) is 11.4 Å². The Morgan fingerprint density at radius 3 is 2.46 bits per heavy atom. The highest BCUT2D eigenvalue weighted by Crippen LogP contribution is 2.56. The van der Waals surface area contributed by atoms with Crippen molar-refractivity contribution in [2.45, 2.75) is 48.4 Å². The van der Waals surface area contributed by atoms with Gasteiger partial charge in [0.2, 0.25) is 5.91 Å². The van der Waals surface area contributed by atoms with Crippen LogP contribution in [0.2, 0.25) is 0 Å². The molecule has 1 aromatic carbocycles. The predicted molar refractivity (Wildman–Crippen MR) is 111 cm³/mol. The van der Waals surface area contributed by atoms with Crippen molar-refractivity contribution in [2.24, 2.45) is 11.1 Å². The van der Waals surface area contributed by atoms with Gasteiger partial charge in [-0.3, -0.25) is 9.78 Å². The molecule has 148 valence electrons. The summed E-state index contributed by atoms with van der Waals surface area (Å²) in [6.45, 7) is 2.60. The number of carbonyl (C=O) groups excluding carboxylic acids is 1. The Bertz CT molecular complexity index is 806. The summed E-state index contributed by atoms with van der Waals surface area (Å²) in [6.07, 6.45) is 8.67. The maximum atomic E-state index is 12.4. The molecule has 1 atom stereocenters. The van der Waals surface area contributed by atoms with E-state index >= 15 is 0 Å². The maximum Gasteiger partial charge on any atom is 0.234 e. The van der Waals surface area contributed by atoms with Crippen LogP contribution in [0, 0.1) is 5.41 Å². The van der Waals surface area contributed by atoms with Crippen LogP contribution >= 0.6 is 11.8 Å². The second-order valence-electron chi connectivity index (χ2n) is 8.00. The largest absolute Gasteiger partial charge is 0.489 e. The number of aromatic nitrogens is 1. The molecule has 4 rings (SSSR count). The van der Waals surface area contributed by atoms with E-state index in [-0.39, 0.29) is 11.3 Å². The van der Waals surface area contributed by atoms with E-state index in [1.54, 1.807) is 24.2 Å². The Labute approximate surface area is 170 Å². The van der Waals surface area contributed by atoms with Crippen molar-refractivity contribution in [1.29, 1.82) is 0 Å². The Morgan fingerprint density at radius 2 is 1.79 bits per heavy atom. The zero-order valence-electron chi connectivity index (χ0n) is 16.0. The van der Waals surface area contributed by atoms with Crippen molar-refractivity contribution in [3.8, 4) is 5.75 Å². The van der Waals surface area contributed by atoms with Gasteiger partial charge < -0.3 is 15.8 Å². The van der Waals surface area contributed by atoms with E-state index in [4.69, 9.17) is 10.5 Å². The number of ether oxygens (including phenoxy) is 1. The van der Waals surface area contributed by atoms with Crippen LogP contribution in [0.5, 0.6) is 5.75 Å². The number of primary amides is 1. The predicted octanol–water partition coefficient (Wildman–Crippen LogP) is 3.53. The number of thioether (sulfide) groups is 1. The fraction of sp³-hybridized carbons (Fsp3) is 0.455. The van der Waals surface area contributed by atoms with Crippen LogP contribution in [0.1, 0.15) is 37.7 Å². The minimum Gasteiger partial charge on any atom is -0.489 e. The van der Waals surface area contributed by atoms with Crippen molar-refractivity contribution in [3.05, 3.63) is 54.4 Å². The molecule has 1 saturated heterocycles. The number of piperidine rings is 1. The van der Waals surface area contributed by atoms with Crippen LogP contribution < -0.4 is 15.8 Å². The van der Waals surface area contributed by atoms with E-state index in [0.717, 1.165) is 61.4 Å². The third-order valence-electron chi connectivity index (χ3n) is 6.12. The molecule has 0 bridgehead atoms. The molecular formula is C22H27N3O2S. The number of nitrogens with zero attached hydrogens (tertiary/aromatic N) is 1. The van der Waals surface area contributed by atoms with Gasteiger partial charge in [0, 0.05) is 17.3 Å². The fourth-order valence-electron chi connectivity index (χ4n) is 4.46. The van der Waals surface area contributed by atoms with Gasteiger partial charge in [-0.1, -0.05) is 0 Å². The molecular weight excluding hydrogens is 370 g/mol. The molecule has 28 heavy (non-hydrogen) atoms. The molecule has 1 saturated carbocycles. The number of hydrogen-bond acceptors (Lipinski definition) is 5. The maximum absolute atomic E-state index is 12.4. The van der Waals surface area contributed by atoms with Crippen LogP contribution in [-0.4, -0.2) is 28.7 Å². The van der Waals surface area contributed by atoms with Crippen LogP contribution in [0.25, 0.3) is 0 Å². The summed E-state index contributed by atoms with van der Waals surface area (Å²) in [7, 11) is 0. The summed E-state index contributed by atoms with van der Waals surface area (Å²) >= 11 is 1.64. The average Bonchev–Trinajstić information content (AvgIpc) is 3.08. The average molecular weight is 398 g/mol. The summed E-state index contributed by atoms with van der Waals surface area (Å²) in [4.78, 5) is 17.5. The summed E-state index contributed by atoms with van der Waals surface area (Å²) < 4.78 is 5.35. The highest BCUT2D eigenvalue weighted by molar-refractivity contribution is 8.01. The number of benzene rings is 1. The number of hydrogen-bond donors (Lipinski definition) is 2. The first-order chi connectivity index (χ1) is 13.6. The van der Waals surface area contributed by atoms with Gasteiger partial charge in [-0.25, -0.2) is 0 Å². The van der Waals surface area contributed by atoms with E-state index in [1.807, 2.05) is 36.4 Å². The molecule has 0 radical (unpaired) electrons. The van der Waals surface area contributed by atoms with E-state index in [9.17, 15) is 4.79 Å². The lowest BCUT2D eigenvalue weighted by Crippen LogP contribution is -2.42. The van der Waals surface area contributed by atoms with E-state index < -0.39 is 4.75 Å². The monoisotopic (exact) mass is 397 g/mol. The minimum atomic E-state index is -0.489. The van der Waals surface area contributed by atoms with Gasteiger partial charge in [0.05, 0.1) is 4.75 Å². The Balaban J connectivity index is 1.41. The highest BCUT2D eigenvalue weighted by Gasteiger charge is 2.52. The molecule has 1 aliphatic heterocycles. The third kappa shape index (κ3) is 4.18. The molecule has 1 aromatic heterocycles. The fourth-order valence-corrected chi connectivity index (χ4v) is 5.86. The molecule has 6 heteroatoms. The molecule has 5 nitrogen and oxygen atoms in total. The standard InChI is InChI=1S/C22H27N3O2S/c23-20(26)22(8-7-21(16-22)9-13-25-14-10-21)28-19-3-1-18(2-4-19)27-15-17-5-11-24-12-6-17/h1-6,11-12,25H,7-10,13-16H2,(H2,23,26). The zero-order valence-corrected chi connectivity index (χ0v) is 16.8. The molecule has 3 N–H and O–H groups in total. The smallest absolute Gasteiger partial charge is 0.234 e. The van der Waals surface area contributed by atoms with Gasteiger partial charge in [0.15, 0.2) is 0 Å². The van der Waals surface area contributed by atoms with Gasteiger partial charge in [0.25, 0.3) is 0 Å². The van der Waals surface area contributed by atoms with Gasteiger partial charge in [0.1, 0.15) is 12.4 Å². The molecule has 2 aliphatic rings. The van der Waals surface area contributed by atoms with E-state index in [2.05, 4.69) is 10.3 Å². The zero-order chi connectivity index (χ0) is 19.5. The summed E-state index contributed by atoms with van der Waals surface area (Å²) in [6, 6.07) is 11.9. The molecule has 2 heterocycles. The lowest BCUT2D eigenvalue weighted by molar-refractivity contribution is -0.120. The number of carbonyl (C=O) groups is 1. The van der Waals surface area contributed by atoms with Crippen molar-refractivity contribution >= 4 is 17.7 Å². The molecule has 1 unspecified atom stereocenters. The van der Waals surface area contributed by atoms with Gasteiger partial charge >= 0.3 is 0 Å². The van der Waals surface area contributed by atoms with Gasteiger partial charge in [-0.05, 0) is 92.6 Å². The second-order valence-corrected chi connectivity index (χ2v) is 9.46. The number of amides is 1. The quantitative estimate of drug-likeness (QED) is 0.780. The Morgan fingerprint density at radius 1 is 1.07 bits per heavy atom. The van der Waals surface area contributed by atoms with Crippen LogP contribution in [0.4, 0.5) is 0 Å². The molecule has 2 fully saturated rings. The molecule has 1 aliphatic carbocycles.